The quantitative estimate of drug-likeness (QED) is 0.883. The molecule has 2 atom stereocenters. The number of allylic oxidation sites excluding steroid dienone is 2. The molecule has 1 amide bonds. The Morgan fingerprint density at radius 2 is 1.58 bits per heavy atom. The number of benzene rings is 2. The highest BCUT2D eigenvalue weighted by Crippen LogP contribution is 2.35. The fourth-order valence-corrected chi connectivity index (χ4v) is 3.38. The van der Waals surface area contributed by atoms with E-state index in [1.54, 1.807) is 0 Å². The standard InChI is InChI=1S/C20H21NO3/c1-12-10-16(17(20(23)24)11-13(12)2)19(22)21-18-9-5-7-14-6-3-4-8-15(14)18/h3-9,16-17H,10-11H2,1-2H3,(H,21,22)(H,23,24)/p-1/t16-,17-/m0/s1. The zero-order valence-corrected chi connectivity index (χ0v) is 13.8. The van der Waals surface area contributed by atoms with Gasteiger partial charge in [0.1, 0.15) is 0 Å². The number of carbonyl (C=O) groups is 2. The Bertz CT molecular complexity index is 832. The summed E-state index contributed by atoms with van der Waals surface area (Å²) >= 11 is 0. The Kier molecular flexibility index (Phi) is 4.38. The van der Waals surface area contributed by atoms with E-state index >= 15 is 0 Å². The smallest absolute Gasteiger partial charge is 0.228 e. The SMILES string of the molecule is CC1=C(C)C[C@H](C(=O)Nc2cccc3ccccc23)[C@@H](C(=O)[O-])C1. The van der Waals surface area contributed by atoms with E-state index in [1.807, 2.05) is 56.3 Å². The molecule has 4 nitrogen and oxygen atoms in total. The number of nitrogens with one attached hydrogen (secondary N) is 1. The maximum absolute atomic E-state index is 12.8. The zero-order valence-electron chi connectivity index (χ0n) is 13.8. The van der Waals surface area contributed by atoms with Crippen LogP contribution in [0.15, 0.2) is 53.6 Å². The van der Waals surface area contributed by atoms with Crippen molar-refractivity contribution in [1.82, 2.24) is 0 Å². The Balaban J connectivity index is 1.89. The summed E-state index contributed by atoms with van der Waals surface area (Å²) in [5.74, 6) is -2.78. The van der Waals surface area contributed by atoms with Crippen molar-refractivity contribution in [3.63, 3.8) is 0 Å². The molecule has 1 aliphatic carbocycles. The van der Waals surface area contributed by atoms with Gasteiger partial charge in [0, 0.05) is 23.0 Å². The number of hydrogen-bond donors (Lipinski definition) is 1. The Morgan fingerprint density at radius 1 is 0.958 bits per heavy atom. The Labute approximate surface area is 141 Å². The minimum absolute atomic E-state index is 0.257. The summed E-state index contributed by atoms with van der Waals surface area (Å²) in [4.78, 5) is 24.2. The lowest BCUT2D eigenvalue weighted by Gasteiger charge is -2.32. The van der Waals surface area contributed by atoms with Gasteiger partial charge in [0.2, 0.25) is 5.91 Å². The van der Waals surface area contributed by atoms with Crippen LogP contribution in [0, 0.1) is 11.8 Å². The van der Waals surface area contributed by atoms with E-state index in [0.717, 1.165) is 21.9 Å². The van der Waals surface area contributed by atoms with Crippen molar-refractivity contribution in [3.05, 3.63) is 53.6 Å². The fraction of sp³-hybridized carbons (Fsp3) is 0.300. The van der Waals surface area contributed by atoms with Gasteiger partial charge in [0.15, 0.2) is 0 Å². The maximum Gasteiger partial charge on any atom is 0.228 e. The van der Waals surface area contributed by atoms with Gasteiger partial charge in [0.05, 0.1) is 5.92 Å². The summed E-state index contributed by atoms with van der Waals surface area (Å²) in [5, 5.41) is 16.4. The van der Waals surface area contributed by atoms with Crippen molar-refractivity contribution in [2.24, 2.45) is 11.8 Å². The van der Waals surface area contributed by atoms with Crippen molar-refractivity contribution in [2.75, 3.05) is 5.32 Å². The van der Waals surface area contributed by atoms with Crippen LogP contribution in [0.3, 0.4) is 0 Å². The van der Waals surface area contributed by atoms with Gasteiger partial charge in [-0.25, -0.2) is 0 Å². The molecule has 0 unspecified atom stereocenters. The number of carbonyl (C=O) groups excluding carboxylic acids is 2. The predicted molar refractivity (Wildman–Crippen MR) is 92.2 cm³/mol. The van der Waals surface area contributed by atoms with Gasteiger partial charge >= 0.3 is 0 Å². The summed E-state index contributed by atoms with van der Waals surface area (Å²) in [6.07, 6.45) is 0.836. The molecule has 3 rings (SSSR count). The van der Waals surface area contributed by atoms with Crippen LogP contribution in [0.2, 0.25) is 0 Å². The third kappa shape index (κ3) is 3.04. The molecule has 0 aliphatic heterocycles. The van der Waals surface area contributed by atoms with Crippen molar-refractivity contribution >= 4 is 28.3 Å². The van der Waals surface area contributed by atoms with Gasteiger partial charge in [0.25, 0.3) is 0 Å². The van der Waals surface area contributed by atoms with Crippen LogP contribution in [0.1, 0.15) is 26.7 Å². The van der Waals surface area contributed by atoms with Crippen molar-refractivity contribution in [1.29, 1.82) is 0 Å². The van der Waals surface area contributed by atoms with E-state index in [2.05, 4.69) is 5.32 Å². The highest BCUT2D eigenvalue weighted by molar-refractivity contribution is 6.03. The first-order valence-electron chi connectivity index (χ1n) is 8.12. The first-order chi connectivity index (χ1) is 11.5. The van der Waals surface area contributed by atoms with Crippen LogP contribution in [0.4, 0.5) is 5.69 Å². The largest absolute Gasteiger partial charge is 0.550 e. The highest BCUT2D eigenvalue weighted by atomic mass is 16.4. The van der Waals surface area contributed by atoms with Gasteiger partial charge in [-0.15, -0.1) is 0 Å². The van der Waals surface area contributed by atoms with Gasteiger partial charge in [-0.3, -0.25) is 4.79 Å². The number of aliphatic carboxylic acids is 1. The van der Waals surface area contributed by atoms with Crippen LogP contribution in [-0.2, 0) is 9.59 Å². The molecule has 0 heterocycles. The second-order valence-corrected chi connectivity index (χ2v) is 6.52. The van der Waals surface area contributed by atoms with Crippen LogP contribution >= 0.6 is 0 Å². The molecule has 0 saturated heterocycles. The van der Waals surface area contributed by atoms with Gasteiger partial charge in [-0.05, 0) is 38.1 Å². The molecule has 1 aliphatic rings. The van der Waals surface area contributed by atoms with E-state index in [4.69, 9.17) is 0 Å². The van der Waals surface area contributed by atoms with E-state index < -0.39 is 17.8 Å². The predicted octanol–water partition coefficient (Wildman–Crippen LogP) is 2.89. The normalized spacial score (nSPS) is 20.9. The van der Waals surface area contributed by atoms with Crippen molar-refractivity contribution in [2.45, 2.75) is 26.7 Å². The Hall–Kier alpha value is -2.62. The summed E-state index contributed by atoms with van der Waals surface area (Å²) in [6, 6.07) is 13.5. The Morgan fingerprint density at radius 3 is 2.29 bits per heavy atom. The molecule has 0 aromatic heterocycles. The lowest BCUT2D eigenvalue weighted by atomic mass is 9.76. The molecular formula is C20H20NO3-. The lowest BCUT2D eigenvalue weighted by molar-refractivity contribution is -0.313. The second-order valence-electron chi connectivity index (χ2n) is 6.52. The average molecular weight is 322 g/mol. The first kappa shape index (κ1) is 16.2. The number of anilines is 1. The third-order valence-corrected chi connectivity index (χ3v) is 4.95. The number of rotatable bonds is 3. The molecule has 2 aromatic carbocycles. The number of amides is 1. The minimum Gasteiger partial charge on any atom is -0.550 e. The molecule has 0 spiro atoms. The summed E-state index contributed by atoms with van der Waals surface area (Å²) in [6.45, 7) is 3.88. The van der Waals surface area contributed by atoms with Crippen LogP contribution in [0.25, 0.3) is 10.8 Å². The topological polar surface area (TPSA) is 69.2 Å². The van der Waals surface area contributed by atoms with Crippen molar-refractivity contribution in [3.8, 4) is 0 Å². The summed E-state index contributed by atoms with van der Waals surface area (Å²) < 4.78 is 0. The average Bonchev–Trinajstić information content (AvgIpc) is 2.57. The maximum atomic E-state index is 12.8. The molecular weight excluding hydrogens is 302 g/mol. The molecule has 0 saturated carbocycles. The van der Waals surface area contributed by atoms with Crippen LogP contribution in [0.5, 0.6) is 0 Å². The van der Waals surface area contributed by atoms with Crippen molar-refractivity contribution < 1.29 is 14.7 Å². The molecule has 4 heteroatoms. The van der Waals surface area contributed by atoms with Gasteiger partial charge in [-0.1, -0.05) is 47.5 Å². The number of carboxylic acids is 1. The van der Waals surface area contributed by atoms with Crippen LogP contribution < -0.4 is 10.4 Å². The monoisotopic (exact) mass is 322 g/mol. The molecule has 1 N–H and O–H groups in total. The third-order valence-electron chi connectivity index (χ3n) is 4.95. The molecule has 2 aromatic rings. The van der Waals surface area contributed by atoms with E-state index in [-0.39, 0.29) is 5.91 Å². The molecule has 0 bridgehead atoms. The zero-order chi connectivity index (χ0) is 17.3. The molecule has 124 valence electrons. The summed E-state index contributed by atoms with van der Waals surface area (Å²) in [7, 11) is 0. The molecule has 0 radical (unpaired) electrons. The van der Waals surface area contributed by atoms with Crippen LogP contribution in [-0.4, -0.2) is 11.9 Å². The lowest BCUT2D eigenvalue weighted by Crippen LogP contribution is -2.42. The van der Waals surface area contributed by atoms with E-state index in [0.29, 0.717) is 18.5 Å². The van der Waals surface area contributed by atoms with Gasteiger partial charge < -0.3 is 15.2 Å². The number of fused-ring (bicyclic) bond motifs is 1. The molecule has 24 heavy (non-hydrogen) atoms. The number of hydrogen-bond acceptors (Lipinski definition) is 3. The molecule has 0 fully saturated rings. The highest BCUT2D eigenvalue weighted by Gasteiger charge is 2.33. The minimum atomic E-state index is -1.15. The van der Waals surface area contributed by atoms with E-state index in [9.17, 15) is 14.7 Å². The van der Waals surface area contributed by atoms with Gasteiger partial charge in [-0.2, -0.15) is 0 Å². The summed E-state index contributed by atoms with van der Waals surface area (Å²) in [5.41, 5.74) is 2.84. The van der Waals surface area contributed by atoms with E-state index in [1.165, 1.54) is 0 Å². The second kappa shape index (κ2) is 6.48. The fourth-order valence-electron chi connectivity index (χ4n) is 3.38. The number of carboxylic acid groups (broad SMARTS) is 1. The first-order valence-corrected chi connectivity index (χ1v) is 8.12.